The van der Waals surface area contributed by atoms with Crippen molar-refractivity contribution < 1.29 is 0 Å². The van der Waals surface area contributed by atoms with Crippen molar-refractivity contribution >= 4 is 47.3 Å². The Morgan fingerprint density at radius 1 is 0.333 bits per heavy atom. The Bertz CT molecular complexity index is 1330. The summed E-state index contributed by atoms with van der Waals surface area (Å²) in [6.45, 7) is 0. The maximum atomic E-state index is 6.61. The first kappa shape index (κ1) is 23.4. The molecule has 0 radical (unpaired) electrons. The maximum Gasteiger partial charge on any atom is 0.229 e. The van der Waals surface area contributed by atoms with Crippen LogP contribution < -0.4 is 31.1 Å². The molecular weight excluding hydrogens is 465 g/mol. The summed E-state index contributed by atoms with van der Waals surface area (Å²) in [6, 6.07) is 51.0. The lowest BCUT2D eigenvalue weighted by Gasteiger charge is -2.36. The molecule has 0 nitrogen and oxygen atoms in total. The summed E-state index contributed by atoms with van der Waals surface area (Å²) in [5.41, 5.74) is 6.79. The molecule has 2 heteroatoms. The maximum absolute atomic E-state index is 6.61. The van der Waals surface area contributed by atoms with Crippen LogP contribution in [0.4, 0.5) is 0 Å². The Balaban J connectivity index is 1.93. The van der Waals surface area contributed by atoms with Crippen LogP contribution in [0.15, 0.2) is 146 Å². The standard InChI is InChI=1S/C34H26Si2/c1-3-35(29-19-9-5-10-20-29,30-21-11-6-12-22-30)33-27-17-18-28-34(33)36(4-2,31-23-13-7-14-24-31)32-25-15-8-16-26-32/h1-2,5-28H. The molecule has 0 saturated carbocycles. The number of rotatable bonds is 6. The topological polar surface area (TPSA) is 0 Å². The van der Waals surface area contributed by atoms with Gasteiger partial charge in [0.1, 0.15) is 0 Å². The van der Waals surface area contributed by atoms with Crippen molar-refractivity contribution in [3.05, 3.63) is 146 Å². The predicted molar refractivity (Wildman–Crippen MR) is 159 cm³/mol. The highest BCUT2D eigenvalue weighted by atomic mass is 28.3. The van der Waals surface area contributed by atoms with Crippen molar-refractivity contribution in [1.82, 2.24) is 0 Å². The molecule has 0 amide bonds. The third-order valence-corrected chi connectivity index (χ3v) is 15.4. The summed E-state index contributed by atoms with van der Waals surface area (Å²) in [5.74, 6) is 0. The van der Waals surface area contributed by atoms with Crippen LogP contribution in [0, 0.1) is 23.9 Å². The van der Waals surface area contributed by atoms with Gasteiger partial charge >= 0.3 is 0 Å². The Labute approximate surface area is 216 Å². The summed E-state index contributed by atoms with van der Waals surface area (Å²) in [7, 11) is -5.73. The van der Waals surface area contributed by atoms with Crippen LogP contribution in [0.5, 0.6) is 0 Å². The minimum Gasteiger partial charge on any atom is -0.126 e. The molecule has 0 spiro atoms. The van der Waals surface area contributed by atoms with Gasteiger partial charge in [0.2, 0.25) is 16.1 Å². The molecule has 5 aromatic carbocycles. The number of hydrogen-bond donors (Lipinski definition) is 0. The molecule has 0 aromatic heterocycles. The number of hydrogen-bond acceptors (Lipinski definition) is 0. The van der Waals surface area contributed by atoms with Crippen molar-refractivity contribution in [3.63, 3.8) is 0 Å². The first-order chi connectivity index (χ1) is 17.8. The zero-order chi connectivity index (χ0) is 24.8. The molecule has 0 heterocycles. The van der Waals surface area contributed by atoms with Gasteiger partial charge in [0.25, 0.3) is 0 Å². The molecule has 0 aliphatic carbocycles. The first-order valence-corrected chi connectivity index (χ1v) is 16.0. The molecule has 0 atom stereocenters. The molecule has 0 bridgehead atoms. The van der Waals surface area contributed by atoms with Crippen LogP contribution in [0.2, 0.25) is 0 Å². The lowest BCUT2D eigenvalue weighted by molar-refractivity contribution is 1.69. The van der Waals surface area contributed by atoms with Gasteiger partial charge in [-0.05, 0) is 31.1 Å². The highest BCUT2D eigenvalue weighted by Crippen LogP contribution is 2.11. The van der Waals surface area contributed by atoms with Crippen LogP contribution >= 0.6 is 0 Å². The minimum absolute atomic E-state index is 1.19. The normalized spacial score (nSPS) is 11.3. The van der Waals surface area contributed by atoms with Crippen molar-refractivity contribution in [2.75, 3.05) is 0 Å². The average molecular weight is 491 g/mol. The van der Waals surface area contributed by atoms with E-state index in [-0.39, 0.29) is 0 Å². The highest BCUT2D eigenvalue weighted by Gasteiger charge is 2.46. The zero-order valence-corrected chi connectivity index (χ0v) is 22.0. The van der Waals surface area contributed by atoms with Crippen LogP contribution in [-0.2, 0) is 0 Å². The molecule has 0 aliphatic heterocycles. The van der Waals surface area contributed by atoms with Crippen molar-refractivity contribution in [2.45, 2.75) is 0 Å². The van der Waals surface area contributed by atoms with E-state index in [0.29, 0.717) is 0 Å². The van der Waals surface area contributed by atoms with Crippen LogP contribution in [0.3, 0.4) is 0 Å². The summed E-state index contributed by atoms with van der Waals surface area (Å²) in [6.07, 6.45) is 13.2. The highest BCUT2D eigenvalue weighted by molar-refractivity contribution is 7.24. The lowest BCUT2D eigenvalue weighted by atomic mass is 10.3. The second-order valence-corrected chi connectivity index (χ2v) is 15.8. The zero-order valence-electron chi connectivity index (χ0n) is 20.0. The van der Waals surface area contributed by atoms with E-state index in [9.17, 15) is 0 Å². The summed E-state index contributed by atoms with van der Waals surface area (Å²) in [4.78, 5) is 0. The van der Waals surface area contributed by atoms with Crippen molar-refractivity contribution in [2.24, 2.45) is 0 Å². The molecule has 0 saturated heterocycles. The van der Waals surface area contributed by atoms with Gasteiger partial charge in [0.05, 0.1) is 0 Å². The first-order valence-electron chi connectivity index (χ1n) is 12.0. The van der Waals surface area contributed by atoms with Crippen LogP contribution in [-0.4, -0.2) is 16.1 Å². The minimum atomic E-state index is -2.87. The summed E-state index contributed by atoms with van der Waals surface area (Å²) < 4.78 is 0. The largest absolute Gasteiger partial charge is 0.229 e. The van der Waals surface area contributed by atoms with E-state index in [0.717, 1.165) is 0 Å². The monoisotopic (exact) mass is 490 g/mol. The molecule has 0 unspecified atom stereocenters. The van der Waals surface area contributed by atoms with Gasteiger partial charge in [-0.2, -0.15) is 0 Å². The van der Waals surface area contributed by atoms with Gasteiger partial charge < -0.3 is 0 Å². The van der Waals surface area contributed by atoms with Crippen LogP contribution in [0.1, 0.15) is 0 Å². The molecule has 5 aromatic rings. The number of terminal acetylenes is 2. The number of benzene rings is 5. The Kier molecular flexibility index (Phi) is 6.57. The van der Waals surface area contributed by atoms with Crippen molar-refractivity contribution in [3.8, 4) is 23.9 Å². The molecule has 0 N–H and O–H groups in total. The summed E-state index contributed by atoms with van der Waals surface area (Å²) >= 11 is 0. The predicted octanol–water partition coefficient (Wildman–Crippen LogP) is 2.97. The van der Waals surface area contributed by atoms with E-state index >= 15 is 0 Å². The lowest BCUT2D eigenvalue weighted by Crippen LogP contribution is -2.77. The van der Waals surface area contributed by atoms with E-state index < -0.39 is 16.1 Å². The Hall–Kier alpha value is -4.35. The second-order valence-electron chi connectivity index (χ2n) is 8.80. The van der Waals surface area contributed by atoms with Gasteiger partial charge in [0, 0.05) is 0 Å². The van der Waals surface area contributed by atoms with Gasteiger partial charge in [-0.25, -0.2) is 0 Å². The third-order valence-electron chi connectivity index (χ3n) is 7.00. The molecular formula is C34H26Si2. The molecule has 5 rings (SSSR count). The van der Waals surface area contributed by atoms with E-state index in [2.05, 4.69) is 132 Å². The quantitative estimate of drug-likeness (QED) is 0.195. The van der Waals surface area contributed by atoms with E-state index in [4.69, 9.17) is 12.8 Å². The molecule has 170 valence electrons. The molecule has 0 fully saturated rings. The Morgan fingerprint density at radius 3 is 0.778 bits per heavy atom. The van der Waals surface area contributed by atoms with Gasteiger partial charge in [-0.15, -0.1) is 23.9 Å². The summed E-state index contributed by atoms with van der Waals surface area (Å²) in [5, 5.41) is 7.14. The van der Waals surface area contributed by atoms with Gasteiger partial charge in [0.15, 0.2) is 0 Å². The SMILES string of the molecule is C#C[Si](c1ccccc1)(c1ccccc1)c1ccccc1[Si](C#C)(c1ccccc1)c1ccccc1. The molecule has 36 heavy (non-hydrogen) atoms. The fraction of sp³-hybridized carbons (Fsp3) is 0. The fourth-order valence-electron chi connectivity index (χ4n) is 5.33. The van der Waals surface area contributed by atoms with E-state index in [1.165, 1.54) is 31.1 Å². The van der Waals surface area contributed by atoms with E-state index in [1.807, 2.05) is 24.3 Å². The van der Waals surface area contributed by atoms with E-state index in [1.54, 1.807) is 0 Å². The third kappa shape index (κ3) is 3.74. The average Bonchev–Trinajstić information content (AvgIpc) is 2.97. The van der Waals surface area contributed by atoms with Crippen LogP contribution in [0.25, 0.3) is 0 Å². The Morgan fingerprint density at radius 2 is 0.556 bits per heavy atom. The smallest absolute Gasteiger partial charge is 0.126 e. The molecule has 0 aliphatic rings. The van der Waals surface area contributed by atoms with Gasteiger partial charge in [-0.1, -0.05) is 146 Å². The fourth-order valence-corrected chi connectivity index (χ4v) is 13.8. The van der Waals surface area contributed by atoms with Crippen molar-refractivity contribution in [1.29, 1.82) is 0 Å². The van der Waals surface area contributed by atoms with Gasteiger partial charge in [-0.3, -0.25) is 0 Å². The second kappa shape index (κ2) is 10.1.